The molecule has 0 fully saturated rings. The first-order chi connectivity index (χ1) is 2.91. The minimum atomic E-state index is 1.13. The van der Waals surface area contributed by atoms with Gasteiger partial charge in [-0.05, 0) is 6.42 Å². The highest BCUT2D eigenvalue weighted by Crippen LogP contribution is 1.94. The molecule has 0 aromatic heterocycles. The Morgan fingerprint density at radius 2 is 2.00 bits per heavy atom. The van der Waals surface area contributed by atoms with Gasteiger partial charge in [0, 0.05) is 15.6 Å². The standard InChI is InChI=1S/C4H8BrSi/c5-3-1-2-4-6/h1-4H2. The average Bonchev–Trinajstić information content (AvgIpc) is 1.61. The van der Waals surface area contributed by atoms with Gasteiger partial charge in [-0.15, -0.1) is 0 Å². The fraction of sp³-hybridized carbons (Fsp3) is 1.00. The second kappa shape index (κ2) is 5.70. The molecule has 0 spiro atoms. The van der Waals surface area contributed by atoms with Crippen LogP contribution in [-0.4, -0.2) is 15.6 Å². The molecule has 0 unspecified atom stereocenters. The summed E-state index contributed by atoms with van der Waals surface area (Å²) >= 11 is 3.33. The molecule has 0 aromatic rings. The highest BCUT2D eigenvalue weighted by Gasteiger charge is 1.76. The molecule has 0 aliphatic rings. The summed E-state index contributed by atoms with van der Waals surface area (Å²) in [5.41, 5.74) is 0. The third kappa shape index (κ3) is 4.70. The van der Waals surface area contributed by atoms with Crippen LogP contribution >= 0.6 is 15.9 Å². The van der Waals surface area contributed by atoms with Gasteiger partial charge in [0.1, 0.15) is 0 Å². The molecule has 0 N–H and O–H groups in total. The number of rotatable bonds is 3. The van der Waals surface area contributed by atoms with Crippen molar-refractivity contribution in [3.8, 4) is 0 Å². The van der Waals surface area contributed by atoms with Crippen molar-refractivity contribution in [2.24, 2.45) is 0 Å². The smallest absolute Gasteiger partial charge is 0.0222 e. The lowest BCUT2D eigenvalue weighted by Crippen LogP contribution is -1.72. The third-order valence-electron chi connectivity index (χ3n) is 0.560. The fourth-order valence-corrected chi connectivity index (χ4v) is 0.866. The van der Waals surface area contributed by atoms with Crippen molar-refractivity contribution in [1.82, 2.24) is 0 Å². The summed E-state index contributed by atoms with van der Waals surface area (Å²) in [5, 5.41) is 1.14. The van der Waals surface area contributed by atoms with Gasteiger partial charge < -0.3 is 0 Å². The van der Waals surface area contributed by atoms with Crippen LogP contribution < -0.4 is 0 Å². The molecule has 0 heterocycles. The van der Waals surface area contributed by atoms with Gasteiger partial charge in [-0.25, -0.2) is 0 Å². The lowest BCUT2D eigenvalue weighted by molar-refractivity contribution is 0.899. The molecule has 0 saturated heterocycles. The number of hydrogen-bond acceptors (Lipinski definition) is 0. The van der Waals surface area contributed by atoms with Gasteiger partial charge in [-0.1, -0.05) is 28.4 Å². The Kier molecular flexibility index (Phi) is 6.36. The Morgan fingerprint density at radius 3 is 2.17 bits per heavy atom. The van der Waals surface area contributed by atoms with E-state index < -0.39 is 0 Å². The summed E-state index contributed by atoms with van der Waals surface area (Å²) in [5.74, 6) is 0. The van der Waals surface area contributed by atoms with Gasteiger partial charge in [-0.3, -0.25) is 0 Å². The molecule has 0 aromatic carbocycles. The van der Waals surface area contributed by atoms with Crippen LogP contribution in [-0.2, 0) is 0 Å². The van der Waals surface area contributed by atoms with Crippen molar-refractivity contribution in [2.75, 3.05) is 5.33 Å². The molecule has 0 saturated carbocycles. The molecule has 0 rings (SSSR count). The zero-order chi connectivity index (χ0) is 4.83. The summed E-state index contributed by atoms with van der Waals surface area (Å²) in [7, 11) is 3.37. The van der Waals surface area contributed by atoms with Crippen LogP contribution in [0.2, 0.25) is 6.04 Å². The Balaban J connectivity index is 2.34. The van der Waals surface area contributed by atoms with Crippen LogP contribution in [0.1, 0.15) is 12.8 Å². The average molecular weight is 164 g/mol. The van der Waals surface area contributed by atoms with Crippen LogP contribution in [0.25, 0.3) is 0 Å². The first kappa shape index (κ1) is 6.70. The molecule has 0 nitrogen and oxygen atoms in total. The molecule has 0 atom stereocenters. The Labute approximate surface area is 50.9 Å². The molecule has 2 heteroatoms. The van der Waals surface area contributed by atoms with Crippen LogP contribution in [0.4, 0.5) is 0 Å². The van der Waals surface area contributed by atoms with Crippen molar-refractivity contribution in [3.63, 3.8) is 0 Å². The van der Waals surface area contributed by atoms with E-state index in [1.807, 2.05) is 0 Å². The number of alkyl halides is 1. The van der Waals surface area contributed by atoms with Crippen molar-refractivity contribution in [2.45, 2.75) is 18.9 Å². The molecule has 3 radical (unpaired) electrons. The normalized spacial score (nSPS) is 9.00. The van der Waals surface area contributed by atoms with Crippen molar-refractivity contribution in [3.05, 3.63) is 0 Å². The van der Waals surface area contributed by atoms with Crippen molar-refractivity contribution < 1.29 is 0 Å². The molecular weight excluding hydrogens is 156 g/mol. The summed E-state index contributed by atoms with van der Waals surface area (Å²) in [6.07, 6.45) is 2.56. The zero-order valence-corrected chi connectivity index (χ0v) is 6.29. The number of hydrogen-bond donors (Lipinski definition) is 0. The summed E-state index contributed by atoms with van der Waals surface area (Å²) in [4.78, 5) is 0. The van der Waals surface area contributed by atoms with Crippen LogP contribution in [0.15, 0.2) is 0 Å². The topological polar surface area (TPSA) is 0 Å². The second-order valence-electron chi connectivity index (χ2n) is 1.15. The second-order valence-corrected chi connectivity index (χ2v) is 2.44. The Bertz CT molecular complexity index is 19.5. The van der Waals surface area contributed by atoms with E-state index in [1.54, 1.807) is 0 Å². The predicted octanol–water partition coefficient (Wildman–Crippen LogP) is 1.75. The molecule has 0 aliphatic heterocycles. The third-order valence-corrected chi connectivity index (χ3v) is 1.47. The van der Waals surface area contributed by atoms with Crippen molar-refractivity contribution in [1.29, 1.82) is 0 Å². The highest BCUT2D eigenvalue weighted by molar-refractivity contribution is 9.09. The van der Waals surface area contributed by atoms with E-state index in [0.29, 0.717) is 0 Å². The number of unbranched alkanes of at least 4 members (excludes halogenated alkanes) is 1. The summed E-state index contributed by atoms with van der Waals surface area (Å²) < 4.78 is 0. The van der Waals surface area contributed by atoms with E-state index in [4.69, 9.17) is 0 Å². The minimum Gasteiger partial charge on any atom is -0.0928 e. The molecule has 0 bridgehead atoms. The first-order valence-corrected chi connectivity index (χ1v) is 3.95. The van der Waals surface area contributed by atoms with E-state index in [1.165, 1.54) is 12.8 Å². The highest BCUT2D eigenvalue weighted by atomic mass is 79.9. The molecule has 0 aliphatic carbocycles. The Morgan fingerprint density at radius 1 is 1.33 bits per heavy atom. The van der Waals surface area contributed by atoms with Gasteiger partial charge in [-0.2, -0.15) is 0 Å². The minimum absolute atomic E-state index is 1.13. The molecular formula is C4H8BrSi. The quantitative estimate of drug-likeness (QED) is 0.338. The molecule has 0 amide bonds. The van der Waals surface area contributed by atoms with E-state index >= 15 is 0 Å². The van der Waals surface area contributed by atoms with E-state index in [0.717, 1.165) is 11.4 Å². The zero-order valence-electron chi connectivity index (χ0n) is 3.71. The van der Waals surface area contributed by atoms with Gasteiger partial charge in [0.15, 0.2) is 0 Å². The lowest BCUT2D eigenvalue weighted by Gasteiger charge is -1.84. The lowest BCUT2D eigenvalue weighted by atomic mass is 10.4. The van der Waals surface area contributed by atoms with Crippen LogP contribution in [0.5, 0.6) is 0 Å². The van der Waals surface area contributed by atoms with Crippen molar-refractivity contribution >= 4 is 26.2 Å². The van der Waals surface area contributed by atoms with Gasteiger partial charge in [0.25, 0.3) is 0 Å². The summed E-state index contributed by atoms with van der Waals surface area (Å²) in [6, 6.07) is 1.13. The molecule has 35 valence electrons. The molecule has 6 heavy (non-hydrogen) atoms. The fourth-order valence-electron chi connectivity index (χ4n) is 0.219. The monoisotopic (exact) mass is 163 g/mol. The van der Waals surface area contributed by atoms with Gasteiger partial charge in [0.05, 0.1) is 0 Å². The SMILES string of the molecule is [Si]CCCCBr. The summed E-state index contributed by atoms with van der Waals surface area (Å²) in [6.45, 7) is 0. The van der Waals surface area contributed by atoms with E-state index in [-0.39, 0.29) is 0 Å². The largest absolute Gasteiger partial charge is 0.0928 e. The maximum atomic E-state index is 3.37. The Hall–Kier alpha value is 0.697. The van der Waals surface area contributed by atoms with Crippen LogP contribution in [0, 0.1) is 0 Å². The van der Waals surface area contributed by atoms with Crippen LogP contribution in [0.3, 0.4) is 0 Å². The van der Waals surface area contributed by atoms with Gasteiger partial charge in [0.2, 0.25) is 0 Å². The first-order valence-electron chi connectivity index (χ1n) is 2.12. The predicted molar refractivity (Wildman–Crippen MR) is 33.6 cm³/mol. The van der Waals surface area contributed by atoms with E-state index in [2.05, 4.69) is 26.2 Å². The number of halogens is 1. The van der Waals surface area contributed by atoms with Gasteiger partial charge >= 0.3 is 0 Å². The maximum Gasteiger partial charge on any atom is 0.0222 e. The van der Waals surface area contributed by atoms with E-state index in [9.17, 15) is 0 Å². The maximum absolute atomic E-state index is 3.37.